The Hall–Kier alpha value is -3.09. The van der Waals surface area contributed by atoms with Crippen LogP contribution in [0.3, 0.4) is 0 Å². The number of anilines is 2. The number of aromatic nitrogens is 4. The van der Waals surface area contributed by atoms with Crippen molar-refractivity contribution < 1.29 is 5.11 Å². The van der Waals surface area contributed by atoms with Crippen LogP contribution in [0.15, 0.2) is 36.5 Å². The first-order chi connectivity index (χ1) is 11.6. The Kier molecular flexibility index (Phi) is 3.34. The Morgan fingerprint density at radius 2 is 1.96 bits per heavy atom. The highest BCUT2D eigenvalue weighted by molar-refractivity contribution is 5.86. The molecule has 0 fully saturated rings. The van der Waals surface area contributed by atoms with E-state index >= 15 is 0 Å². The maximum atomic E-state index is 9.40. The molecule has 3 heterocycles. The van der Waals surface area contributed by atoms with E-state index in [1.807, 2.05) is 19.2 Å². The van der Waals surface area contributed by atoms with E-state index in [1.165, 1.54) is 5.57 Å². The van der Waals surface area contributed by atoms with Crippen molar-refractivity contribution in [3.8, 4) is 5.75 Å². The van der Waals surface area contributed by atoms with Crippen LogP contribution in [0.25, 0.3) is 16.6 Å². The van der Waals surface area contributed by atoms with E-state index in [2.05, 4.69) is 26.0 Å². The summed E-state index contributed by atoms with van der Waals surface area (Å²) in [6.07, 6.45) is 4.74. The van der Waals surface area contributed by atoms with E-state index in [0.29, 0.717) is 11.8 Å². The summed E-state index contributed by atoms with van der Waals surface area (Å²) in [5, 5.41) is 14.4. The second kappa shape index (κ2) is 5.52. The lowest BCUT2D eigenvalue weighted by Crippen LogP contribution is -2.30. The van der Waals surface area contributed by atoms with Crippen LogP contribution >= 0.6 is 0 Å². The molecular formula is C17H18N6O. The number of aryl methyl sites for hydroxylation is 1. The van der Waals surface area contributed by atoms with Gasteiger partial charge in [-0.25, -0.2) is 0 Å². The average molecular weight is 322 g/mol. The number of nitrogen functional groups attached to an aromatic ring is 1. The standard InChI is InChI=1S/C17H18N6O/c1-22-16-14(10-19-22)15(18)20-17(21-16)23-8-6-12(7-9-23)11-2-4-13(24)5-3-11/h2-6,10,24H,7-9H2,1H3,(H2,18,20,21). The van der Waals surface area contributed by atoms with E-state index < -0.39 is 0 Å². The molecule has 0 radical (unpaired) electrons. The lowest BCUT2D eigenvalue weighted by Gasteiger charge is -2.26. The van der Waals surface area contributed by atoms with Gasteiger partial charge in [0.2, 0.25) is 5.95 Å². The van der Waals surface area contributed by atoms with Gasteiger partial charge >= 0.3 is 0 Å². The van der Waals surface area contributed by atoms with E-state index in [4.69, 9.17) is 5.73 Å². The zero-order valence-corrected chi connectivity index (χ0v) is 13.3. The fraction of sp³-hybridized carbons (Fsp3) is 0.235. The number of phenols is 1. The molecule has 0 aliphatic carbocycles. The van der Waals surface area contributed by atoms with Crippen molar-refractivity contribution in [2.45, 2.75) is 6.42 Å². The van der Waals surface area contributed by atoms with Gasteiger partial charge in [0.25, 0.3) is 0 Å². The van der Waals surface area contributed by atoms with Crippen LogP contribution in [0.1, 0.15) is 12.0 Å². The van der Waals surface area contributed by atoms with Gasteiger partial charge in [0.05, 0.1) is 11.6 Å². The van der Waals surface area contributed by atoms with Crippen molar-refractivity contribution in [2.24, 2.45) is 7.05 Å². The summed E-state index contributed by atoms with van der Waals surface area (Å²) in [6, 6.07) is 7.30. The molecule has 0 unspecified atom stereocenters. The van der Waals surface area contributed by atoms with Gasteiger partial charge in [-0.3, -0.25) is 4.68 Å². The number of fused-ring (bicyclic) bond motifs is 1. The topological polar surface area (TPSA) is 93.1 Å². The highest BCUT2D eigenvalue weighted by atomic mass is 16.3. The molecule has 4 rings (SSSR count). The Bertz CT molecular complexity index is 928. The molecule has 2 aromatic heterocycles. The molecule has 0 bridgehead atoms. The van der Waals surface area contributed by atoms with Crippen LogP contribution in [0.2, 0.25) is 0 Å². The maximum Gasteiger partial charge on any atom is 0.229 e. The molecule has 1 aliphatic rings. The molecule has 7 heteroatoms. The Labute approximate surface area is 139 Å². The number of hydrogen-bond donors (Lipinski definition) is 2. The number of benzene rings is 1. The van der Waals surface area contributed by atoms with Gasteiger partial charge in [0.15, 0.2) is 5.65 Å². The largest absolute Gasteiger partial charge is 0.508 e. The summed E-state index contributed by atoms with van der Waals surface area (Å²) in [5.74, 6) is 1.37. The number of aromatic hydroxyl groups is 1. The average Bonchev–Trinajstić information content (AvgIpc) is 2.98. The fourth-order valence-corrected chi connectivity index (χ4v) is 2.96. The first kappa shape index (κ1) is 14.5. The number of hydrogen-bond acceptors (Lipinski definition) is 6. The fourth-order valence-electron chi connectivity index (χ4n) is 2.96. The van der Waals surface area contributed by atoms with Crippen LogP contribution in [-0.4, -0.2) is 37.9 Å². The molecule has 7 nitrogen and oxygen atoms in total. The molecule has 1 aliphatic heterocycles. The third-order valence-electron chi connectivity index (χ3n) is 4.34. The summed E-state index contributed by atoms with van der Waals surface area (Å²) >= 11 is 0. The second-order valence-corrected chi connectivity index (χ2v) is 5.89. The third-order valence-corrected chi connectivity index (χ3v) is 4.34. The van der Waals surface area contributed by atoms with Gasteiger partial charge in [-0.1, -0.05) is 18.2 Å². The SMILES string of the molecule is Cn1ncc2c(N)nc(N3CC=C(c4ccc(O)cc4)CC3)nc21. The monoisotopic (exact) mass is 322 g/mol. The van der Waals surface area contributed by atoms with E-state index in [-0.39, 0.29) is 5.75 Å². The number of phenolic OH excluding ortho intramolecular Hbond substituents is 1. The molecule has 24 heavy (non-hydrogen) atoms. The Morgan fingerprint density at radius 1 is 1.17 bits per heavy atom. The van der Waals surface area contributed by atoms with E-state index in [0.717, 1.165) is 36.1 Å². The zero-order chi connectivity index (χ0) is 16.7. The van der Waals surface area contributed by atoms with Crippen molar-refractivity contribution >= 4 is 28.4 Å². The van der Waals surface area contributed by atoms with Crippen LogP contribution < -0.4 is 10.6 Å². The van der Waals surface area contributed by atoms with Crippen LogP contribution in [0.5, 0.6) is 5.75 Å². The normalized spacial score (nSPS) is 14.9. The van der Waals surface area contributed by atoms with Gasteiger partial charge in [-0.15, -0.1) is 0 Å². The first-order valence-electron chi connectivity index (χ1n) is 7.80. The van der Waals surface area contributed by atoms with Crippen LogP contribution in [0.4, 0.5) is 11.8 Å². The second-order valence-electron chi connectivity index (χ2n) is 5.89. The number of nitrogens with zero attached hydrogens (tertiary/aromatic N) is 5. The molecule has 3 aromatic rings. The van der Waals surface area contributed by atoms with Gasteiger partial charge in [0.1, 0.15) is 11.6 Å². The van der Waals surface area contributed by atoms with Crippen molar-refractivity contribution in [3.63, 3.8) is 0 Å². The van der Waals surface area contributed by atoms with Crippen molar-refractivity contribution in [1.29, 1.82) is 0 Å². The van der Waals surface area contributed by atoms with E-state index in [1.54, 1.807) is 23.0 Å². The summed E-state index contributed by atoms with van der Waals surface area (Å²) in [4.78, 5) is 11.1. The van der Waals surface area contributed by atoms with E-state index in [9.17, 15) is 5.11 Å². The highest BCUT2D eigenvalue weighted by Gasteiger charge is 2.18. The maximum absolute atomic E-state index is 9.40. The Morgan fingerprint density at radius 3 is 2.67 bits per heavy atom. The van der Waals surface area contributed by atoms with Crippen LogP contribution in [0, 0.1) is 0 Å². The molecule has 0 saturated carbocycles. The molecule has 0 atom stereocenters. The highest BCUT2D eigenvalue weighted by Crippen LogP contribution is 2.27. The van der Waals surface area contributed by atoms with Gasteiger partial charge in [-0.2, -0.15) is 15.1 Å². The van der Waals surface area contributed by atoms with Gasteiger partial charge in [0, 0.05) is 20.1 Å². The van der Waals surface area contributed by atoms with Crippen molar-refractivity contribution in [2.75, 3.05) is 23.7 Å². The minimum Gasteiger partial charge on any atom is -0.508 e. The summed E-state index contributed by atoms with van der Waals surface area (Å²) in [5.41, 5.74) is 9.18. The molecule has 3 N–H and O–H groups in total. The summed E-state index contributed by atoms with van der Waals surface area (Å²) in [6.45, 7) is 1.54. The minimum absolute atomic E-state index is 0.283. The molecular weight excluding hydrogens is 304 g/mol. The summed E-state index contributed by atoms with van der Waals surface area (Å²) < 4.78 is 1.71. The molecule has 0 spiro atoms. The first-order valence-corrected chi connectivity index (χ1v) is 7.80. The number of nitrogens with two attached hydrogens (primary N) is 1. The van der Waals surface area contributed by atoms with Crippen molar-refractivity contribution in [3.05, 3.63) is 42.1 Å². The molecule has 0 amide bonds. The number of rotatable bonds is 2. The zero-order valence-electron chi connectivity index (χ0n) is 13.3. The molecule has 0 saturated heterocycles. The summed E-state index contributed by atoms with van der Waals surface area (Å²) in [7, 11) is 1.84. The smallest absolute Gasteiger partial charge is 0.229 e. The molecule has 1 aromatic carbocycles. The predicted octanol–water partition coefficient (Wildman–Crippen LogP) is 1.94. The lowest BCUT2D eigenvalue weighted by atomic mass is 9.99. The lowest BCUT2D eigenvalue weighted by molar-refractivity contribution is 0.475. The van der Waals surface area contributed by atoms with Gasteiger partial charge in [-0.05, 0) is 29.7 Å². The third kappa shape index (κ3) is 2.44. The predicted molar refractivity (Wildman–Crippen MR) is 93.6 cm³/mol. The quantitative estimate of drug-likeness (QED) is 0.749. The van der Waals surface area contributed by atoms with Crippen molar-refractivity contribution in [1.82, 2.24) is 19.7 Å². The Balaban J connectivity index is 1.61. The van der Waals surface area contributed by atoms with Crippen LogP contribution in [-0.2, 0) is 7.05 Å². The minimum atomic E-state index is 0.283. The molecule has 122 valence electrons. The van der Waals surface area contributed by atoms with Gasteiger partial charge < -0.3 is 15.7 Å².